The number of nitrogens with zero attached hydrogens (tertiary/aromatic N) is 1. The van der Waals surface area contributed by atoms with E-state index in [2.05, 4.69) is 4.98 Å². The summed E-state index contributed by atoms with van der Waals surface area (Å²) < 4.78 is 26.5. The minimum Gasteiger partial charge on any atom is -0.375 e. The number of rotatable bonds is 1. The molecular formula is C9H6F2N2S. The van der Waals surface area contributed by atoms with Crippen molar-refractivity contribution in [3.63, 3.8) is 0 Å². The molecule has 1 aromatic heterocycles. The molecular weight excluding hydrogens is 206 g/mol. The number of thiazole rings is 1. The van der Waals surface area contributed by atoms with Crippen molar-refractivity contribution in [1.29, 1.82) is 0 Å². The lowest BCUT2D eigenvalue weighted by Gasteiger charge is -1.99. The molecule has 0 radical (unpaired) electrons. The van der Waals surface area contributed by atoms with Gasteiger partial charge in [0, 0.05) is 5.38 Å². The van der Waals surface area contributed by atoms with Crippen LogP contribution in [0.3, 0.4) is 0 Å². The van der Waals surface area contributed by atoms with Gasteiger partial charge in [0.25, 0.3) is 0 Å². The van der Waals surface area contributed by atoms with Gasteiger partial charge >= 0.3 is 0 Å². The van der Waals surface area contributed by atoms with Crippen molar-refractivity contribution in [1.82, 2.24) is 4.98 Å². The van der Waals surface area contributed by atoms with Crippen LogP contribution < -0.4 is 5.73 Å². The fraction of sp³-hybridized carbons (Fsp3) is 0. The summed E-state index contributed by atoms with van der Waals surface area (Å²) in [6.07, 6.45) is 0. The van der Waals surface area contributed by atoms with Crippen LogP contribution in [0.5, 0.6) is 0 Å². The Morgan fingerprint density at radius 3 is 2.36 bits per heavy atom. The predicted octanol–water partition coefficient (Wildman–Crippen LogP) is 2.67. The molecule has 72 valence electrons. The average Bonchev–Trinajstić information content (AvgIpc) is 2.51. The quantitative estimate of drug-likeness (QED) is 0.789. The Morgan fingerprint density at radius 2 is 1.86 bits per heavy atom. The van der Waals surface area contributed by atoms with Crippen molar-refractivity contribution in [3.8, 4) is 11.3 Å². The van der Waals surface area contributed by atoms with Crippen LogP contribution in [0.15, 0.2) is 23.6 Å². The molecule has 5 heteroatoms. The number of nitrogen functional groups attached to an aromatic ring is 1. The van der Waals surface area contributed by atoms with E-state index >= 15 is 0 Å². The molecule has 0 amide bonds. The maximum absolute atomic E-state index is 13.2. The molecule has 0 unspecified atom stereocenters. The smallest absolute Gasteiger partial charge is 0.180 e. The van der Waals surface area contributed by atoms with Gasteiger partial charge in [-0.05, 0) is 12.1 Å². The molecule has 0 atom stereocenters. The molecule has 0 fully saturated rings. The van der Waals surface area contributed by atoms with Crippen LogP contribution in [0, 0.1) is 11.6 Å². The number of aromatic nitrogens is 1. The highest BCUT2D eigenvalue weighted by molar-refractivity contribution is 7.13. The molecule has 0 aliphatic carbocycles. The molecule has 2 rings (SSSR count). The molecule has 1 aromatic carbocycles. The SMILES string of the molecule is Nc1nc(-c2c(F)cccc2F)cs1. The fourth-order valence-electron chi connectivity index (χ4n) is 1.14. The highest BCUT2D eigenvalue weighted by Crippen LogP contribution is 2.27. The summed E-state index contributed by atoms with van der Waals surface area (Å²) in [6, 6.07) is 3.69. The summed E-state index contributed by atoms with van der Waals surface area (Å²) in [5.41, 5.74) is 5.49. The Labute approximate surface area is 83.0 Å². The normalized spacial score (nSPS) is 10.4. The molecule has 0 bridgehead atoms. The second-order valence-electron chi connectivity index (χ2n) is 2.67. The standard InChI is InChI=1S/C9H6F2N2S/c10-5-2-1-3-6(11)8(5)7-4-14-9(12)13-7/h1-4H,(H2,12,13). The first-order valence-corrected chi connectivity index (χ1v) is 4.72. The van der Waals surface area contributed by atoms with Crippen molar-refractivity contribution in [2.24, 2.45) is 0 Å². The van der Waals surface area contributed by atoms with Crippen molar-refractivity contribution in [2.45, 2.75) is 0 Å². The van der Waals surface area contributed by atoms with Crippen LogP contribution in [0.4, 0.5) is 13.9 Å². The van der Waals surface area contributed by atoms with Crippen molar-refractivity contribution >= 4 is 16.5 Å². The molecule has 0 saturated carbocycles. The number of hydrogen-bond donors (Lipinski definition) is 1. The average molecular weight is 212 g/mol. The van der Waals surface area contributed by atoms with E-state index < -0.39 is 11.6 Å². The fourth-order valence-corrected chi connectivity index (χ4v) is 1.70. The minimum atomic E-state index is -0.629. The van der Waals surface area contributed by atoms with Crippen molar-refractivity contribution < 1.29 is 8.78 Å². The first-order valence-electron chi connectivity index (χ1n) is 3.84. The van der Waals surface area contributed by atoms with E-state index in [0.717, 1.165) is 11.3 Å². The second-order valence-corrected chi connectivity index (χ2v) is 3.56. The van der Waals surface area contributed by atoms with E-state index in [4.69, 9.17) is 5.73 Å². The molecule has 0 aliphatic rings. The van der Waals surface area contributed by atoms with E-state index in [0.29, 0.717) is 5.13 Å². The zero-order chi connectivity index (χ0) is 10.1. The van der Waals surface area contributed by atoms with Crippen LogP contribution in [0.2, 0.25) is 0 Å². The molecule has 0 spiro atoms. The molecule has 0 aliphatic heterocycles. The molecule has 2 aromatic rings. The molecule has 2 N–H and O–H groups in total. The predicted molar refractivity (Wildman–Crippen MR) is 51.9 cm³/mol. The Bertz CT molecular complexity index is 447. The maximum Gasteiger partial charge on any atom is 0.180 e. The highest BCUT2D eigenvalue weighted by Gasteiger charge is 2.13. The number of benzene rings is 1. The lowest BCUT2D eigenvalue weighted by molar-refractivity contribution is 0.589. The Hall–Kier alpha value is -1.49. The zero-order valence-electron chi connectivity index (χ0n) is 7.00. The van der Waals surface area contributed by atoms with E-state index in [1.165, 1.54) is 23.6 Å². The van der Waals surface area contributed by atoms with Crippen LogP contribution in [-0.2, 0) is 0 Å². The molecule has 0 saturated heterocycles. The minimum absolute atomic E-state index is 0.125. The Morgan fingerprint density at radius 1 is 1.21 bits per heavy atom. The molecule has 2 nitrogen and oxygen atoms in total. The topological polar surface area (TPSA) is 38.9 Å². The number of anilines is 1. The van der Waals surface area contributed by atoms with Crippen LogP contribution in [0.25, 0.3) is 11.3 Å². The maximum atomic E-state index is 13.2. The zero-order valence-corrected chi connectivity index (χ0v) is 7.81. The van der Waals surface area contributed by atoms with E-state index in [9.17, 15) is 8.78 Å². The van der Waals surface area contributed by atoms with Gasteiger partial charge in [0.1, 0.15) is 11.6 Å². The number of hydrogen-bond acceptors (Lipinski definition) is 3. The van der Waals surface area contributed by atoms with E-state index in [1.807, 2.05) is 0 Å². The summed E-state index contributed by atoms with van der Waals surface area (Å²) >= 11 is 1.15. The largest absolute Gasteiger partial charge is 0.375 e. The number of nitrogens with two attached hydrogens (primary N) is 1. The van der Waals surface area contributed by atoms with Gasteiger partial charge in [0.2, 0.25) is 0 Å². The summed E-state index contributed by atoms with van der Waals surface area (Å²) in [4.78, 5) is 3.82. The van der Waals surface area contributed by atoms with E-state index in [1.54, 1.807) is 0 Å². The lowest BCUT2D eigenvalue weighted by atomic mass is 10.1. The summed E-state index contributed by atoms with van der Waals surface area (Å²) in [7, 11) is 0. The van der Waals surface area contributed by atoms with Gasteiger partial charge in [-0.1, -0.05) is 6.07 Å². The van der Waals surface area contributed by atoms with Gasteiger partial charge in [-0.3, -0.25) is 0 Å². The first kappa shape index (κ1) is 9.08. The first-order chi connectivity index (χ1) is 6.68. The molecule has 14 heavy (non-hydrogen) atoms. The van der Waals surface area contributed by atoms with Crippen LogP contribution in [0.1, 0.15) is 0 Å². The summed E-state index contributed by atoms with van der Waals surface area (Å²) in [5.74, 6) is -1.26. The number of halogens is 2. The summed E-state index contributed by atoms with van der Waals surface area (Å²) in [6.45, 7) is 0. The Kier molecular flexibility index (Phi) is 2.17. The van der Waals surface area contributed by atoms with Crippen LogP contribution >= 0.6 is 11.3 Å². The highest BCUT2D eigenvalue weighted by atomic mass is 32.1. The van der Waals surface area contributed by atoms with Gasteiger partial charge < -0.3 is 5.73 Å². The monoisotopic (exact) mass is 212 g/mol. The Balaban J connectivity index is 2.61. The second kappa shape index (κ2) is 3.34. The van der Waals surface area contributed by atoms with Gasteiger partial charge in [-0.25, -0.2) is 13.8 Å². The van der Waals surface area contributed by atoms with E-state index in [-0.39, 0.29) is 11.3 Å². The van der Waals surface area contributed by atoms with Crippen molar-refractivity contribution in [2.75, 3.05) is 5.73 Å². The third-order valence-corrected chi connectivity index (χ3v) is 2.41. The third-order valence-electron chi connectivity index (χ3n) is 1.74. The summed E-state index contributed by atoms with van der Waals surface area (Å²) in [5, 5.41) is 1.82. The van der Waals surface area contributed by atoms with Crippen LogP contribution in [-0.4, -0.2) is 4.98 Å². The van der Waals surface area contributed by atoms with Gasteiger partial charge in [-0.15, -0.1) is 11.3 Å². The van der Waals surface area contributed by atoms with Gasteiger partial charge in [-0.2, -0.15) is 0 Å². The molecule has 1 heterocycles. The van der Waals surface area contributed by atoms with Gasteiger partial charge in [0.05, 0.1) is 11.3 Å². The lowest BCUT2D eigenvalue weighted by Crippen LogP contribution is -1.90. The third kappa shape index (κ3) is 1.46. The van der Waals surface area contributed by atoms with Gasteiger partial charge in [0.15, 0.2) is 5.13 Å². The van der Waals surface area contributed by atoms with Crippen molar-refractivity contribution in [3.05, 3.63) is 35.2 Å².